The van der Waals surface area contributed by atoms with Gasteiger partial charge >= 0.3 is 0 Å². The van der Waals surface area contributed by atoms with E-state index >= 15 is 0 Å². The Morgan fingerprint density at radius 1 is 1.33 bits per heavy atom. The van der Waals surface area contributed by atoms with Crippen molar-refractivity contribution < 1.29 is 19.1 Å². The third-order valence-corrected chi connectivity index (χ3v) is 4.45. The van der Waals surface area contributed by atoms with Gasteiger partial charge < -0.3 is 19.2 Å². The summed E-state index contributed by atoms with van der Waals surface area (Å²) < 4.78 is 10.7. The summed E-state index contributed by atoms with van der Waals surface area (Å²) in [4.78, 5) is 16.6. The third kappa shape index (κ3) is 3.71. The second-order valence-electron chi connectivity index (χ2n) is 6.33. The van der Waals surface area contributed by atoms with Crippen molar-refractivity contribution in [3.63, 3.8) is 0 Å². The molecule has 0 radical (unpaired) electrons. The molecule has 1 aromatic carbocycles. The van der Waals surface area contributed by atoms with Crippen molar-refractivity contribution >= 4 is 16.9 Å². The first-order valence-electron chi connectivity index (χ1n) is 8.29. The molecule has 1 amide bonds. The molecular weight excluding hydrogens is 308 g/mol. The lowest BCUT2D eigenvalue weighted by atomic mass is 10.1. The number of β-amino-alcohol motifs (C(OH)–C–C–N with tert-alkyl or cyclic N) is 1. The average Bonchev–Trinajstić information content (AvgIpc) is 2.97. The van der Waals surface area contributed by atoms with Crippen LogP contribution in [0, 0.1) is 0 Å². The molecule has 1 aromatic heterocycles. The number of rotatable bonds is 5. The van der Waals surface area contributed by atoms with Gasteiger partial charge in [0.2, 0.25) is 5.91 Å². The molecule has 1 atom stereocenters. The fraction of sp³-hybridized carbons (Fsp3) is 0.500. The van der Waals surface area contributed by atoms with Crippen LogP contribution in [-0.2, 0) is 11.2 Å². The van der Waals surface area contributed by atoms with Gasteiger partial charge in [-0.25, -0.2) is 0 Å². The van der Waals surface area contributed by atoms with E-state index in [1.54, 1.807) is 20.3 Å². The normalized spacial score (nSPS) is 17.2. The summed E-state index contributed by atoms with van der Waals surface area (Å²) in [5, 5.41) is 10.4. The number of carbonyl (C=O) groups is 1. The molecule has 1 fully saturated rings. The van der Waals surface area contributed by atoms with Gasteiger partial charge in [0.25, 0.3) is 0 Å². The molecule has 130 valence electrons. The van der Waals surface area contributed by atoms with E-state index in [1.807, 2.05) is 23.1 Å². The standard InChI is InChI=1S/C18H24N2O4/c1-13(21)11-19-5-7-20(8-6-19)18(22)9-14-12-24-17-10-15(23-2)3-4-16(14)17/h3-4,10,12-13,21H,5-9,11H2,1-2H3/t13-/m0/s1. The zero-order valence-electron chi connectivity index (χ0n) is 14.2. The lowest BCUT2D eigenvalue weighted by molar-refractivity contribution is -0.132. The SMILES string of the molecule is COc1ccc2c(CC(=O)N3CCN(C[C@H](C)O)CC3)coc2c1. The van der Waals surface area contributed by atoms with E-state index in [0.717, 1.165) is 35.4 Å². The second kappa shape index (κ2) is 7.23. The maximum absolute atomic E-state index is 12.6. The smallest absolute Gasteiger partial charge is 0.227 e. The van der Waals surface area contributed by atoms with Gasteiger partial charge in [0.15, 0.2) is 0 Å². The van der Waals surface area contributed by atoms with Crippen LogP contribution in [0.5, 0.6) is 5.75 Å². The molecule has 0 aliphatic carbocycles. The van der Waals surface area contributed by atoms with Crippen LogP contribution in [0.25, 0.3) is 11.0 Å². The number of nitrogens with zero attached hydrogens (tertiary/aromatic N) is 2. The second-order valence-corrected chi connectivity index (χ2v) is 6.33. The average molecular weight is 332 g/mol. The molecule has 1 aliphatic rings. The zero-order valence-corrected chi connectivity index (χ0v) is 14.2. The van der Waals surface area contributed by atoms with Crippen LogP contribution in [0.2, 0.25) is 0 Å². The van der Waals surface area contributed by atoms with Crippen molar-refractivity contribution in [2.75, 3.05) is 39.8 Å². The lowest BCUT2D eigenvalue weighted by Gasteiger charge is -2.35. The molecule has 1 N–H and O–H groups in total. The minimum absolute atomic E-state index is 0.116. The van der Waals surface area contributed by atoms with Gasteiger partial charge in [0.1, 0.15) is 11.3 Å². The van der Waals surface area contributed by atoms with E-state index < -0.39 is 0 Å². The number of furan rings is 1. The molecule has 6 heteroatoms. The van der Waals surface area contributed by atoms with Gasteiger partial charge in [-0.05, 0) is 19.1 Å². The number of benzene rings is 1. The Balaban J connectivity index is 1.61. The van der Waals surface area contributed by atoms with Crippen molar-refractivity contribution in [1.82, 2.24) is 9.80 Å². The Labute approximate surface area is 141 Å². The fourth-order valence-corrected chi connectivity index (χ4v) is 3.16. The van der Waals surface area contributed by atoms with Gasteiger partial charge in [-0.2, -0.15) is 0 Å². The summed E-state index contributed by atoms with van der Waals surface area (Å²) in [5.41, 5.74) is 1.64. The van der Waals surface area contributed by atoms with E-state index in [0.29, 0.717) is 26.1 Å². The Hall–Kier alpha value is -2.05. The Kier molecular flexibility index (Phi) is 5.06. The molecule has 0 saturated carbocycles. The van der Waals surface area contributed by atoms with Crippen molar-refractivity contribution in [3.8, 4) is 5.75 Å². The summed E-state index contributed by atoms with van der Waals surface area (Å²) in [6.07, 6.45) is 1.67. The van der Waals surface area contributed by atoms with Crippen LogP contribution in [0.1, 0.15) is 12.5 Å². The van der Waals surface area contributed by atoms with E-state index in [-0.39, 0.29) is 12.0 Å². The summed E-state index contributed by atoms with van der Waals surface area (Å²) in [5.74, 6) is 0.856. The number of hydrogen-bond acceptors (Lipinski definition) is 5. The predicted molar refractivity (Wildman–Crippen MR) is 91.2 cm³/mol. The summed E-state index contributed by atoms with van der Waals surface area (Å²) in [6.45, 7) is 5.47. The highest BCUT2D eigenvalue weighted by atomic mass is 16.5. The van der Waals surface area contributed by atoms with Gasteiger partial charge in [0.05, 0.1) is 25.9 Å². The number of aliphatic hydroxyl groups excluding tert-OH is 1. The van der Waals surface area contributed by atoms with Crippen molar-refractivity contribution in [1.29, 1.82) is 0 Å². The molecule has 0 bridgehead atoms. The molecule has 3 rings (SSSR count). The Morgan fingerprint density at radius 2 is 2.08 bits per heavy atom. The molecule has 0 unspecified atom stereocenters. The van der Waals surface area contributed by atoms with Crippen LogP contribution in [0.15, 0.2) is 28.9 Å². The third-order valence-electron chi connectivity index (χ3n) is 4.45. The molecule has 2 heterocycles. The molecule has 6 nitrogen and oxygen atoms in total. The molecule has 1 aliphatic heterocycles. The van der Waals surface area contributed by atoms with Crippen LogP contribution in [0.4, 0.5) is 0 Å². The highest BCUT2D eigenvalue weighted by Crippen LogP contribution is 2.26. The first kappa shape index (κ1) is 16.8. The fourth-order valence-electron chi connectivity index (χ4n) is 3.16. The van der Waals surface area contributed by atoms with E-state index in [1.165, 1.54) is 0 Å². The number of amides is 1. The minimum Gasteiger partial charge on any atom is -0.497 e. The van der Waals surface area contributed by atoms with Gasteiger partial charge in [-0.3, -0.25) is 9.69 Å². The monoisotopic (exact) mass is 332 g/mol. The quantitative estimate of drug-likeness (QED) is 0.899. The number of ether oxygens (including phenoxy) is 1. The Morgan fingerprint density at radius 3 is 2.75 bits per heavy atom. The number of carbonyl (C=O) groups excluding carboxylic acids is 1. The molecule has 24 heavy (non-hydrogen) atoms. The van der Waals surface area contributed by atoms with Gasteiger partial charge in [-0.1, -0.05) is 0 Å². The van der Waals surface area contributed by atoms with Crippen molar-refractivity contribution in [2.24, 2.45) is 0 Å². The maximum Gasteiger partial charge on any atom is 0.227 e. The highest BCUT2D eigenvalue weighted by molar-refractivity contribution is 5.88. The largest absolute Gasteiger partial charge is 0.497 e. The molecule has 0 spiro atoms. The number of piperazine rings is 1. The van der Waals surface area contributed by atoms with Crippen molar-refractivity contribution in [3.05, 3.63) is 30.0 Å². The predicted octanol–water partition coefficient (Wildman–Crippen LogP) is 1.51. The Bertz CT molecular complexity index is 702. The number of fused-ring (bicyclic) bond motifs is 1. The van der Waals surface area contributed by atoms with E-state index in [9.17, 15) is 9.90 Å². The number of methoxy groups -OCH3 is 1. The van der Waals surface area contributed by atoms with E-state index in [4.69, 9.17) is 9.15 Å². The van der Waals surface area contributed by atoms with Crippen molar-refractivity contribution in [2.45, 2.75) is 19.4 Å². The van der Waals surface area contributed by atoms with E-state index in [2.05, 4.69) is 4.90 Å². The van der Waals surface area contributed by atoms with Crippen LogP contribution < -0.4 is 4.74 Å². The lowest BCUT2D eigenvalue weighted by Crippen LogP contribution is -2.50. The minimum atomic E-state index is -0.332. The summed E-state index contributed by atoms with van der Waals surface area (Å²) >= 11 is 0. The first-order chi connectivity index (χ1) is 11.6. The van der Waals surface area contributed by atoms with Crippen LogP contribution >= 0.6 is 0 Å². The van der Waals surface area contributed by atoms with Crippen LogP contribution in [-0.4, -0.2) is 66.8 Å². The molecular formula is C18H24N2O4. The highest BCUT2D eigenvalue weighted by Gasteiger charge is 2.22. The van der Waals surface area contributed by atoms with Crippen LogP contribution in [0.3, 0.4) is 0 Å². The van der Waals surface area contributed by atoms with Gasteiger partial charge in [-0.15, -0.1) is 0 Å². The topological polar surface area (TPSA) is 66.2 Å². The first-order valence-corrected chi connectivity index (χ1v) is 8.29. The summed E-state index contributed by atoms with van der Waals surface area (Å²) in [7, 11) is 1.62. The number of hydrogen-bond donors (Lipinski definition) is 1. The molecule has 2 aromatic rings. The zero-order chi connectivity index (χ0) is 17.1. The maximum atomic E-state index is 12.6. The molecule has 1 saturated heterocycles. The number of aliphatic hydroxyl groups is 1. The summed E-state index contributed by atoms with van der Waals surface area (Å²) in [6, 6.07) is 5.64. The van der Waals surface area contributed by atoms with Gasteiger partial charge in [0, 0.05) is 49.7 Å².